The van der Waals surface area contributed by atoms with E-state index in [1.807, 2.05) is 0 Å². The van der Waals surface area contributed by atoms with Crippen molar-refractivity contribution < 1.29 is 4.42 Å². The fraction of sp³-hybridized carbons (Fsp3) is 0.0256. The van der Waals surface area contributed by atoms with Crippen molar-refractivity contribution in [2.75, 3.05) is 0 Å². The third kappa shape index (κ3) is 6.99. The second kappa shape index (κ2) is 17.5. The van der Waals surface area contributed by atoms with Crippen LogP contribution >= 0.6 is 0 Å². The first-order chi connectivity index (χ1) is 39.9. The van der Waals surface area contributed by atoms with Crippen molar-refractivity contribution in [2.24, 2.45) is 0 Å². The van der Waals surface area contributed by atoms with Crippen LogP contribution < -0.4 is 10.4 Å². The van der Waals surface area contributed by atoms with E-state index in [0.29, 0.717) is 0 Å². The maximum atomic E-state index is 6.56. The Bertz CT molecular complexity index is 5090. The molecule has 0 amide bonds. The first-order valence-corrected chi connectivity index (χ1v) is 31.2. The lowest BCUT2D eigenvalue weighted by Gasteiger charge is -2.20. The molecule has 17 rings (SSSR count). The zero-order valence-electron chi connectivity index (χ0n) is 44.8. The Morgan fingerprint density at radius 3 is 1.30 bits per heavy atom. The monoisotopic (exact) mass is 1050 g/mol. The van der Waals surface area contributed by atoms with Gasteiger partial charge >= 0.3 is 0 Å². The van der Waals surface area contributed by atoms with Crippen LogP contribution in [0.2, 0.25) is 13.1 Å². The summed E-state index contributed by atoms with van der Waals surface area (Å²) in [5.41, 5.74) is 20.2. The average Bonchev–Trinajstić information content (AvgIpc) is 3.65. The van der Waals surface area contributed by atoms with Crippen LogP contribution in [0.15, 0.2) is 277 Å². The summed E-state index contributed by atoms with van der Waals surface area (Å²) in [6, 6.07) is 102. The second-order valence-electron chi connectivity index (χ2n) is 22.7. The number of benzene rings is 14. The SMILES string of the molecule is C[Si]1(C)c2cc(-c3cccc4c3oc3ccccc34)ccc2-c2ccc(-n3c4ccc(-c5ccc(-c6cc7ccccc7c7ccccc67)cc5)cc4c4cc(-c5ccc(-c6cc7ccccc7c7ccccc67)cc5)ccc43)cc21. The summed E-state index contributed by atoms with van der Waals surface area (Å²) in [5, 5.41) is 17.9. The molecule has 0 unspecified atom stereocenters. The van der Waals surface area contributed by atoms with Crippen molar-refractivity contribution in [1.82, 2.24) is 4.57 Å². The molecule has 81 heavy (non-hydrogen) atoms. The zero-order chi connectivity index (χ0) is 53.5. The molecule has 378 valence electrons. The molecule has 0 aliphatic carbocycles. The molecule has 0 saturated heterocycles. The van der Waals surface area contributed by atoms with E-state index in [4.69, 9.17) is 4.42 Å². The molecular formula is C78H51NOSi. The van der Waals surface area contributed by atoms with Crippen LogP contribution in [0.3, 0.4) is 0 Å². The zero-order valence-corrected chi connectivity index (χ0v) is 45.8. The van der Waals surface area contributed by atoms with Gasteiger partial charge < -0.3 is 8.98 Å². The molecule has 2 nitrogen and oxygen atoms in total. The van der Waals surface area contributed by atoms with Crippen LogP contribution in [-0.4, -0.2) is 12.6 Å². The summed E-state index contributed by atoms with van der Waals surface area (Å²) < 4.78 is 9.08. The van der Waals surface area contributed by atoms with Gasteiger partial charge in [0.25, 0.3) is 0 Å². The summed E-state index contributed by atoms with van der Waals surface area (Å²) in [6.07, 6.45) is 0. The van der Waals surface area contributed by atoms with E-state index in [-0.39, 0.29) is 0 Å². The van der Waals surface area contributed by atoms with E-state index in [0.717, 1.165) is 27.5 Å². The highest BCUT2D eigenvalue weighted by Gasteiger charge is 2.38. The fourth-order valence-electron chi connectivity index (χ4n) is 13.9. The Kier molecular flexibility index (Phi) is 9.90. The Labute approximate surface area is 470 Å². The number of aromatic nitrogens is 1. The molecule has 0 bridgehead atoms. The van der Waals surface area contributed by atoms with Gasteiger partial charge in [-0.05, 0) is 169 Å². The maximum Gasteiger partial charge on any atom is 0.143 e. The number of furan rings is 1. The molecule has 14 aromatic carbocycles. The highest BCUT2D eigenvalue weighted by molar-refractivity contribution is 7.04. The lowest BCUT2D eigenvalue weighted by Crippen LogP contribution is -2.49. The predicted octanol–water partition coefficient (Wildman–Crippen LogP) is 20.4. The number of hydrogen-bond donors (Lipinski definition) is 0. The number of rotatable bonds is 6. The molecule has 1 aliphatic rings. The van der Waals surface area contributed by atoms with Gasteiger partial charge in [0, 0.05) is 32.8 Å². The smallest absolute Gasteiger partial charge is 0.143 e. The molecule has 0 fully saturated rings. The Hall–Kier alpha value is -10.1. The van der Waals surface area contributed by atoms with E-state index in [2.05, 4.69) is 291 Å². The van der Waals surface area contributed by atoms with Crippen LogP contribution in [-0.2, 0) is 0 Å². The first kappa shape index (κ1) is 45.9. The molecule has 2 aromatic heterocycles. The van der Waals surface area contributed by atoms with Gasteiger partial charge in [0.05, 0.1) is 11.0 Å². The molecule has 1 aliphatic heterocycles. The van der Waals surface area contributed by atoms with Gasteiger partial charge in [0.1, 0.15) is 19.2 Å². The van der Waals surface area contributed by atoms with Crippen LogP contribution in [0.1, 0.15) is 0 Å². The van der Waals surface area contributed by atoms with Gasteiger partial charge in [-0.2, -0.15) is 0 Å². The van der Waals surface area contributed by atoms with E-state index in [1.54, 1.807) is 0 Å². The molecule has 0 spiro atoms. The predicted molar refractivity (Wildman–Crippen MR) is 347 cm³/mol. The van der Waals surface area contributed by atoms with Gasteiger partial charge in [0.2, 0.25) is 0 Å². The van der Waals surface area contributed by atoms with E-state index in [1.165, 1.54) is 142 Å². The Morgan fingerprint density at radius 2 is 0.716 bits per heavy atom. The van der Waals surface area contributed by atoms with Gasteiger partial charge in [-0.3, -0.25) is 0 Å². The van der Waals surface area contributed by atoms with E-state index >= 15 is 0 Å². The lowest BCUT2D eigenvalue weighted by molar-refractivity contribution is 0.670. The van der Waals surface area contributed by atoms with Crippen molar-refractivity contribution in [2.45, 2.75) is 13.1 Å². The highest BCUT2D eigenvalue weighted by atomic mass is 28.3. The number of para-hydroxylation sites is 2. The van der Waals surface area contributed by atoms with Crippen molar-refractivity contribution in [3.63, 3.8) is 0 Å². The normalized spacial score (nSPS) is 12.9. The van der Waals surface area contributed by atoms with Crippen molar-refractivity contribution in [3.05, 3.63) is 273 Å². The van der Waals surface area contributed by atoms with Gasteiger partial charge in [0.15, 0.2) is 0 Å². The standard InChI is InChI=1S/C78H51NOSi/c1-81(2)76-46-56(60-23-13-24-68-65-22-11-12-25-75(65)80-78(60)68)34-38-66(76)67-39-37-57(47-77(67)81)79-73-40-35-52(48-26-30-50(31-27-48)69-44-54-14-3-5-16-58(54)61-18-7-9-20-63(61)69)42-71(73)72-43-53(36-41-74(72)79)49-28-32-51(33-29-49)70-45-55-15-4-6-17-59(55)62-19-8-10-21-64(62)70/h3-47H,1-2H3. The Morgan fingerprint density at radius 1 is 0.272 bits per heavy atom. The largest absolute Gasteiger partial charge is 0.455 e. The van der Waals surface area contributed by atoms with Gasteiger partial charge in [-0.25, -0.2) is 0 Å². The number of nitrogens with zero attached hydrogens (tertiary/aromatic N) is 1. The minimum absolute atomic E-state index is 0.925. The van der Waals surface area contributed by atoms with E-state index < -0.39 is 8.07 Å². The quantitative estimate of drug-likeness (QED) is 0.120. The number of fused-ring (bicyclic) bond motifs is 15. The summed E-state index contributed by atoms with van der Waals surface area (Å²) in [4.78, 5) is 0. The molecule has 0 atom stereocenters. The van der Waals surface area contributed by atoms with Crippen LogP contribution in [0.25, 0.3) is 159 Å². The molecule has 16 aromatic rings. The summed E-state index contributed by atoms with van der Waals surface area (Å²) >= 11 is 0. The van der Waals surface area contributed by atoms with Gasteiger partial charge in [-0.15, -0.1) is 0 Å². The molecule has 0 N–H and O–H groups in total. The molecule has 3 heteroatoms. The van der Waals surface area contributed by atoms with Crippen molar-refractivity contribution >= 4 is 105 Å². The molecule has 3 heterocycles. The first-order valence-electron chi connectivity index (χ1n) is 28.2. The third-order valence-electron chi connectivity index (χ3n) is 18.0. The van der Waals surface area contributed by atoms with Crippen molar-refractivity contribution in [1.29, 1.82) is 0 Å². The summed E-state index contributed by atoms with van der Waals surface area (Å²) in [7, 11) is -2.19. The average molecular weight is 1050 g/mol. The fourth-order valence-corrected chi connectivity index (χ4v) is 17.0. The molecule has 0 radical (unpaired) electrons. The highest BCUT2D eigenvalue weighted by Crippen LogP contribution is 2.43. The Balaban J connectivity index is 0.788. The molecule has 0 saturated carbocycles. The van der Waals surface area contributed by atoms with Crippen molar-refractivity contribution in [3.8, 4) is 72.4 Å². The topological polar surface area (TPSA) is 18.1 Å². The summed E-state index contributed by atoms with van der Waals surface area (Å²) in [5.74, 6) is 0. The maximum absolute atomic E-state index is 6.56. The van der Waals surface area contributed by atoms with Crippen LogP contribution in [0.4, 0.5) is 0 Å². The van der Waals surface area contributed by atoms with E-state index in [9.17, 15) is 0 Å². The minimum atomic E-state index is -2.19. The summed E-state index contributed by atoms with van der Waals surface area (Å²) in [6.45, 7) is 5.05. The second-order valence-corrected chi connectivity index (χ2v) is 27.1. The van der Waals surface area contributed by atoms with Crippen LogP contribution in [0.5, 0.6) is 0 Å². The lowest BCUT2D eigenvalue weighted by atomic mass is 9.92. The molecular weight excluding hydrogens is 995 g/mol. The third-order valence-corrected chi connectivity index (χ3v) is 21.5. The number of hydrogen-bond acceptors (Lipinski definition) is 1. The van der Waals surface area contributed by atoms with Crippen LogP contribution in [0, 0.1) is 0 Å². The minimum Gasteiger partial charge on any atom is -0.455 e. The van der Waals surface area contributed by atoms with Gasteiger partial charge in [-0.1, -0.05) is 231 Å².